The second-order valence-corrected chi connectivity index (χ2v) is 4.30. The summed E-state index contributed by atoms with van der Waals surface area (Å²) < 4.78 is 0. The van der Waals surface area contributed by atoms with Crippen LogP contribution in [0.4, 0.5) is 0 Å². The number of H-pyrrole nitrogens is 1. The van der Waals surface area contributed by atoms with Crippen LogP contribution in [0.2, 0.25) is 0 Å². The van der Waals surface area contributed by atoms with Crippen molar-refractivity contribution in [3.63, 3.8) is 0 Å². The van der Waals surface area contributed by atoms with Gasteiger partial charge in [-0.3, -0.25) is 4.79 Å². The minimum absolute atomic E-state index is 0.0000118. The summed E-state index contributed by atoms with van der Waals surface area (Å²) in [5, 5.41) is 9.81. The highest BCUT2D eigenvalue weighted by Gasteiger charge is 2.11. The second-order valence-electron chi connectivity index (χ2n) is 4.30. The zero-order chi connectivity index (χ0) is 12.6. The van der Waals surface area contributed by atoms with E-state index in [2.05, 4.69) is 9.97 Å². The maximum atomic E-state index is 11.6. The fourth-order valence-corrected chi connectivity index (χ4v) is 1.72. The molecule has 90 valence electrons. The average Bonchev–Trinajstić information content (AvgIpc) is 2.59. The number of aromatic amines is 1. The van der Waals surface area contributed by atoms with Crippen molar-refractivity contribution in [2.45, 2.75) is 13.3 Å². The summed E-state index contributed by atoms with van der Waals surface area (Å²) in [6.07, 6.45) is 0.272. The monoisotopic (exact) mass is 233 g/mol. The van der Waals surface area contributed by atoms with Crippen molar-refractivity contribution in [3.8, 4) is 5.75 Å². The van der Waals surface area contributed by atoms with Crippen LogP contribution in [0.5, 0.6) is 5.75 Å². The highest BCUT2D eigenvalue weighted by atomic mass is 16.3. The lowest BCUT2D eigenvalue weighted by atomic mass is 10.1. The molecule has 0 fully saturated rings. The first-order valence-electron chi connectivity index (χ1n) is 5.35. The van der Waals surface area contributed by atoms with E-state index in [9.17, 15) is 9.90 Å². The number of benzene rings is 1. The van der Waals surface area contributed by atoms with Crippen molar-refractivity contribution in [1.82, 2.24) is 14.9 Å². The first-order valence-corrected chi connectivity index (χ1v) is 5.35. The molecule has 17 heavy (non-hydrogen) atoms. The molecular weight excluding hydrogens is 218 g/mol. The number of carbonyl (C=O) groups is 1. The Morgan fingerprint density at radius 2 is 2.18 bits per heavy atom. The van der Waals surface area contributed by atoms with Gasteiger partial charge in [-0.25, -0.2) is 4.98 Å². The topological polar surface area (TPSA) is 69.2 Å². The number of likely N-dealkylation sites (N-methyl/N-ethyl adjacent to an activating group) is 1. The molecule has 1 aromatic carbocycles. The van der Waals surface area contributed by atoms with Crippen molar-refractivity contribution in [2.75, 3.05) is 14.1 Å². The highest BCUT2D eigenvalue weighted by molar-refractivity contribution is 5.85. The third kappa shape index (κ3) is 2.22. The van der Waals surface area contributed by atoms with Crippen molar-refractivity contribution in [2.24, 2.45) is 0 Å². The lowest BCUT2D eigenvalue weighted by Gasteiger charge is -2.10. The number of phenolic OH excluding ortho intramolecular Hbond substituents is 1. The van der Waals surface area contributed by atoms with Crippen LogP contribution in [0.3, 0.4) is 0 Å². The average molecular weight is 233 g/mol. The number of hydrogen-bond acceptors (Lipinski definition) is 3. The van der Waals surface area contributed by atoms with Gasteiger partial charge in [-0.1, -0.05) is 0 Å². The van der Waals surface area contributed by atoms with E-state index in [1.54, 1.807) is 20.2 Å². The second kappa shape index (κ2) is 4.08. The number of aromatic nitrogens is 2. The van der Waals surface area contributed by atoms with Crippen LogP contribution in [0, 0.1) is 6.92 Å². The first kappa shape index (κ1) is 11.4. The Morgan fingerprint density at radius 1 is 1.47 bits per heavy atom. The van der Waals surface area contributed by atoms with E-state index in [0.717, 1.165) is 16.9 Å². The van der Waals surface area contributed by atoms with Gasteiger partial charge in [0.2, 0.25) is 5.91 Å². The molecule has 1 heterocycles. The SMILES string of the molecule is Cc1nc2c(O)cc(CC(=O)N(C)C)cc2[nH]1. The quantitative estimate of drug-likeness (QED) is 0.819. The summed E-state index contributed by atoms with van der Waals surface area (Å²) in [4.78, 5) is 20.3. The Kier molecular flexibility index (Phi) is 2.75. The van der Waals surface area contributed by atoms with Gasteiger partial charge in [0, 0.05) is 14.1 Å². The molecule has 0 unspecified atom stereocenters. The molecule has 1 amide bonds. The molecule has 0 aliphatic heterocycles. The van der Waals surface area contributed by atoms with Crippen LogP contribution in [-0.2, 0) is 11.2 Å². The number of rotatable bonds is 2. The number of carbonyl (C=O) groups excluding carboxylic acids is 1. The van der Waals surface area contributed by atoms with Crippen LogP contribution in [-0.4, -0.2) is 40.0 Å². The first-order chi connectivity index (χ1) is 7.97. The summed E-state index contributed by atoms with van der Waals surface area (Å²) in [5.41, 5.74) is 2.07. The molecule has 5 heteroatoms. The van der Waals surface area contributed by atoms with Crippen LogP contribution in [0.1, 0.15) is 11.4 Å². The van der Waals surface area contributed by atoms with Gasteiger partial charge in [0.25, 0.3) is 0 Å². The van der Waals surface area contributed by atoms with Crippen LogP contribution in [0.25, 0.3) is 11.0 Å². The van der Waals surface area contributed by atoms with E-state index in [1.807, 2.05) is 13.0 Å². The van der Waals surface area contributed by atoms with E-state index in [0.29, 0.717) is 5.52 Å². The van der Waals surface area contributed by atoms with Gasteiger partial charge >= 0.3 is 0 Å². The van der Waals surface area contributed by atoms with Gasteiger partial charge in [-0.15, -0.1) is 0 Å². The molecule has 2 N–H and O–H groups in total. The molecule has 0 bridgehead atoms. The predicted octanol–water partition coefficient (Wildman–Crippen LogP) is 1.21. The highest BCUT2D eigenvalue weighted by Crippen LogP contribution is 2.24. The zero-order valence-electron chi connectivity index (χ0n) is 10.1. The van der Waals surface area contributed by atoms with E-state index in [4.69, 9.17) is 0 Å². The normalized spacial score (nSPS) is 10.8. The molecule has 0 atom stereocenters. The van der Waals surface area contributed by atoms with Crippen molar-refractivity contribution < 1.29 is 9.90 Å². The minimum atomic E-state index is -0.0000118. The molecule has 2 aromatic rings. The number of hydrogen-bond donors (Lipinski definition) is 2. The third-order valence-corrected chi connectivity index (χ3v) is 2.60. The van der Waals surface area contributed by atoms with Gasteiger partial charge in [0.1, 0.15) is 17.1 Å². The zero-order valence-corrected chi connectivity index (χ0v) is 10.1. The Labute approximate surface area is 99.1 Å². The Balaban J connectivity index is 2.39. The number of phenols is 1. The molecule has 0 spiro atoms. The molecule has 0 radical (unpaired) electrons. The summed E-state index contributed by atoms with van der Waals surface area (Å²) >= 11 is 0. The molecule has 0 aliphatic rings. The number of nitrogens with one attached hydrogen (secondary N) is 1. The van der Waals surface area contributed by atoms with Crippen LogP contribution in [0.15, 0.2) is 12.1 Å². The van der Waals surface area contributed by atoms with E-state index in [1.165, 1.54) is 4.90 Å². The number of aromatic hydroxyl groups is 1. The minimum Gasteiger partial charge on any atom is -0.506 e. The molecular formula is C12H15N3O2. The number of imidazole rings is 1. The summed E-state index contributed by atoms with van der Waals surface area (Å²) in [6, 6.07) is 3.43. The number of nitrogens with zero attached hydrogens (tertiary/aromatic N) is 2. The van der Waals surface area contributed by atoms with Crippen molar-refractivity contribution in [3.05, 3.63) is 23.5 Å². The fourth-order valence-electron chi connectivity index (χ4n) is 1.72. The maximum absolute atomic E-state index is 11.6. The number of amides is 1. The standard InChI is InChI=1S/C12H15N3O2/c1-7-13-9-4-8(6-11(17)15(2)3)5-10(16)12(9)14-7/h4-5,16H,6H2,1-3H3,(H,13,14). The summed E-state index contributed by atoms with van der Waals surface area (Å²) in [5.74, 6) is 0.847. The van der Waals surface area contributed by atoms with E-state index >= 15 is 0 Å². The summed E-state index contributed by atoms with van der Waals surface area (Å²) in [7, 11) is 3.42. The molecule has 5 nitrogen and oxygen atoms in total. The van der Waals surface area contributed by atoms with Gasteiger partial charge in [0.15, 0.2) is 0 Å². The smallest absolute Gasteiger partial charge is 0.226 e. The Morgan fingerprint density at radius 3 is 2.82 bits per heavy atom. The lowest BCUT2D eigenvalue weighted by molar-refractivity contribution is -0.127. The molecule has 0 saturated heterocycles. The van der Waals surface area contributed by atoms with Gasteiger partial charge in [0.05, 0.1) is 11.9 Å². The van der Waals surface area contributed by atoms with Crippen LogP contribution >= 0.6 is 0 Å². The number of fused-ring (bicyclic) bond motifs is 1. The Hall–Kier alpha value is -2.04. The molecule has 0 aliphatic carbocycles. The summed E-state index contributed by atoms with van der Waals surface area (Å²) in [6.45, 7) is 1.82. The molecule has 0 saturated carbocycles. The van der Waals surface area contributed by atoms with E-state index < -0.39 is 0 Å². The third-order valence-electron chi connectivity index (χ3n) is 2.60. The predicted molar refractivity (Wildman–Crippen MR) is 64.9 cm³/mol. The maximum Gasteiger partial charge on any atom is 0.226 e. The largest absolute Gasteiger partial charge is 0.506 e. The van der Waals surface area contributed by atoms with Gasteiger partial charge in [-0.05, 0) is 24.6 Å². The number of aryl methyl sites for hydroxylation is 1. The van der Waals surface area contributed by atoms with Crippen molar-refractivity contribution >= 4 is 16.9 Å². The van der Waals surface area contributed by atoms with Gasteiger partial charge in [-0.2, -0.15) is 0 Å². The van der Waals surface area contributed by atoms with Crippen LogP contribution < -0.4 is 0 Å². The fraction of sp³-hybridized carbons (Fsp3) is 0.333. The Bertz CT molecular complexity index is 572. The van der Waals surface area contributed by atoms with E-state index in [-0.39, 0.29) is 18.1 Å². The molecule has 1 aromatic heterocycles. The lowest BCUT2D eigenvalue weighted by Crippen LogP contribution is -2.23. The van der Waals surface area contributed by atoms with Gasteiger partial charge < -0.3 is 15.0 Å². The molecule has 2 rings (SSSR count). The van der Waals surface area contributed by atoms with Crippen molar-refractivity contribution in [1.29, 1.82) is 0 Å².